The predicted molar refractivity (Wildman–Crippen MR) is 90.5 cm³/mol. The van der Waals surface area contributed by atoms with Crippen molar-refractivity contribution in [2.24, 2.45) is 0 Å². The number of nitrogens with zero attached hydrogens (tertiary/aromatic N) is 2. The van der Waals surface area contributed by atoms with Crippen molar-refractivity contribution in [3.63, 3.8) is 0 Å². The molecule has 4 unspecified atom stereocenters. The maximum atomic E-state index is 11.9. The SMILES string of the molecule is CC1(n2ccc(N)nc2=O)CCC(COP(=O)(O)OP(=O)(O)OP(=O)(O)O)O1. The summed E-state index contributed by atoms with van der Waals surface area (Å²) in [6, 6.07) is 1.38. The molecule has 1 aromatic rings. The zero-order chi connectivity index (χ0) is 21.4. The first-order valence-corrected chi connectivity index (χ1v) is 11.9. The molecule has 1 aliphatic rings. The summed E-state index contributed by atoms with van der Waals surface area (Å²) in [6.45, 7) is 0.966. The Bertz CT molecular complexity index is 930. The zero-order valence-electron chi connectivity index (χ0n) is 14.2. The summed E-state index contributed by atoms with van der Waals surface area (Å²) in [5.74, 6) is 0.0204. The van der Waals surface area contributed by atoms with E-state index in [-0.39, 0.29) is 12.2 Å². The van der Waals surface area contributed by atoms with Gasteiger partial charge in [-0.2, -0.15) is 13.6 Å². The third-order valence-corrected chi connectivity index (χ3v) is 7.33. The van der Waals surface area contributed by atoms with Crippen molar-refractivity contribution in [2.75, 3.05) is 12.3 Å². The van der Waals surface area contributed by atoms with Crippen LogP contribution in [-0.2, 0) is 37.3 Å². The van der Waals surface area contributed by atoms with Gasteiger partial charge in [0.15, 0.2) is 0 Å². The van der Waals surface area contributed by atoms with E-state index in [4.69, 9.17) is 25.2 Å². The van der Waals surface area contributed by atoms with Crippen LogP contribution in [0.25, 0.3) is 0 Å². The molecule has 0 spiro atoms. The van der Waals surface area contributed by atoms with Gasteiger partial charge in [-0.25, -0.2) is 18.5 Å². The second-order valence-electron chi connectivity index (χ2n) is 5.85. The van der Waals surface area contributed by atoms with Crippen molar-refractivity contribution < 1.29 is 51.2 Å². The van der Waals surface area contributed by atoms with E-state index in [1.54, 1.807) is 6.92 Å². The highest BCUT2D eigenvalue weighted by atomic mass is 31.3. The van der Waals surface area contributed by atoms with Crippen LogP contribution in [0.1, 0.15) is 19.8 Å². The lowest BCUT2D eigenvalue weighted by Gasteiger charge is -2.27. The van der Waals surface area contributed by atoms with E-state index in [0.717, 1.165) is 0 Å². The fourth-order valence-corrected chi connectivity index (χ4v) is 5.51. The van der Waals surface area contributed by atoms with Gasteiger partial charge in [0.1, 0.15) is 11.5 Å². The lowest BCUT2D eigenvalue weighted by atomic mass is 10.1. The Balaban J connectivity index is 1.98. The van der Waals surface area contributed by atoms with E-state index in [0.29, 0.717) is 6.42 Å². The molecule has 0 aliphatic carbocycles. The summed E-state index contributed by atoms with van der Waals surface area (Å²) >= 11 is 0. The van der Waals surface area contributed by atoms with Crippen LogP contribution in [0, 0.1) is 0 Å². The largest absolute Gasteiger partial charge is 0.490 e. The fourth-order valence-electron chi connectivity index (χ4n) is 2.46. The van der Waals surface area contributed by atoms with E-state index in [2.05, 4.69) is 18.1 Å². The van der Waals surface area contributed by atoms with Gasteiger partial charge in [0.25, 0.3) is 0 Å². The molecule has 15 nitrogen and oxygen atoms in total. The zero-order valence-corrected chi connectivity index (χ0v) is 16.9. The molecule has 0 amide bonds. The molecule has 2 heterocycles. The number of hydrogen-bond acceptors (Lipinski definition) is 10. The molecule has 1 aromatic heterocycles. The maximum Gasteiger partial charge on any atom is 0.490 e. The number of hydrogen-bond donors (Lipinski definition) is 5. The highest BCUT2D eigenvalue weighted by Gasteiger charge is 2.43. The highest BCUT2D eigenvalue weighted by molar-refractivity contribution is 7.66. The number of rotatable bonds is 8. The average molecular weight is 465 g/mol. The first-order chi connectivity index (χ1) is 12.6. The van der Waals surface area contributed by atoms with Crippen molar-refractivity contribution in [3.8, 4) is 0 Å². The van der Waals surface area contributed by atoms with E-state index in [1.807, 2.05) is 0 Å². The minimum absolute atomic E-state index is 0.0204. The van der Waals surface area contributed by atoms with Crippen molar-refractivity contribution >= 4 is 29.3 Å². The molecule has 4 atom stereocenters. The fraction of sp³-hybridized carbons (Fsp3) is 0.600. The monoisotopic (exact) mass is 465 g/mol. The quantitative estimate of drug-likeness (QED) is 0.319. The molecule has 0 aromatic carbocycles. The number of nitrogen functional groups attached to an aromatic ring is 1. The van der Waals surface area contributed by atoms with Crippen LogP contribution in [0.2, 0.25) is 0 Å². The van der Waals surface area contributed by atoms with Gasteiger partial charge in [-0.15, -0.1) is 0 Å². The minimum Gasteiger partial charge on any atom is -0.383 e. The molecular formula is C10H18N3O12P3. The number of phosphoric acid groups is 3. The Morgan fingerprint density at radius 3 is 2.50 bits per heavy atom. The lowest BCUT2D eigenvalue weighted by Crippen LogP contribution is -2.40. The molecule has 160 valence electrons. The lowest BCUT2D eigenvalue weighted by molar-refractivity contribution is -0.0992. The Morgan fingerprint density at radius 1 is 1.29 bits per heavy atom. The molecule has 6 N–H and O–H groups in total. The number of nitrogens with two attached hydrogens (primary N) is 1. The van der Waals surface area contributed by atoms with Crippen LogP contribution in [0.4, 0.5) is 5.82 Å². The summed E-state index contributed by atoms with van der Waals surface area (Å²) in [7, 11) is -16.3. The molecule has 1 saturated heterocycles. The molecule has 0 bridgehead atoms. The van der Waals surface area contributed by atoms with Gasteiger partial charge in [0, 0.05) is 6.20 Å². The van der Waals surface area contributed by atoms with Crippen molar-refractivity contribution in [2.45, 2.75) is 31.6 Å². The number of aromatic nitrogens is 2. The van der Waals surface area contributed by atoms with Gasteiger partial charge in [-0.3, -0.25) is 9.09 Å². The molecule has 1 fully saturated rings. The van der Waals surface area contributed by atoms with Crippen LogP contribution in [-0.4, -0.2) is 41.8 Å². The first-order valence-electron chi connectivity index (χ1n) is 7.43. The van der Waals surface area contributed by atoms with Crippen molar-refractivity contribution in [1.82, 2.24) is 9.55 Å². The Kier molecular flexibility index (Phi) is 6.71. The van der Waals surface area contributed by atoms with Crippen LogP contribution < -0.4 is 11.4 Å². The van der Waals surface area contributed by atoms with Gasteiger partial charge in [-0.05, 0) is 25.8 Å². The van der Waals surface area contributed by atoms with Gasteiger partial charge in [0.2, 0.25) is 0 Å². The average Bonchev–Trinajstić information content (AvgIpc) is 2.84. The first kappa shape index (κ1) is 23.3. The van der Waals surface area contributed by atoms with Gasteiger partial charge < -0.3 is 30.0 Å². The number of ether oxygens (including phenoxy) is 1. The normalized spacial score (nSPS) is 27.2. The molecule has 2 rings (SSSR count). The summed E-state index contributed by atoms with van der Waals surface area (Å²) in [5.41, 5.74) is 3.60. The molecule has 28 heavy (non-hydrogen) atoms. The third kappa shape index (κ3) is 6.55. The third-order valence-electron chi connectivity index (χ3n) is 3.53. The van der Waals surface area contributed by atoms with Crippen LogP contribution in [0.3, 0.4) is 0 Å². The van der Waals surface area contributed by atoms with Crippen LogP contribution in [0.5, 0.6) is 0 Å². The second kappa shape index (κ2) is 8.05. The number of anilines is 1. The minimum atomic E-state index is -5.59. The number of phosphoric ester groups is 1. The molecule has 0 radical (unpaired) electrons. The van der Waals surface area contributed by atoms with E-state index in [9.17, 15) is 23.4 Å². The van der Waals surface area contributed by atoms with Crippen molar-refractivity contribution in [3.05, 3.63) is 22.7 Å². The van der Waals surface area contributed by atoms with Gasteiger partial charge in [-0.1, -0.05) is 0 Å². The summed E-state index contributed by atoms with van der Waals surface area (Å²) in [6.07, 6.45) is 1.11. The van der Waals surface area contributed by atoms with E-state index >= 15 is 0 Å². The molecule has 18 heteroatoms. The second-order valence-corrected chi connectivity index (χ2v) is 10.3. The highest BCUT2D eigenvalue weighted by Crippen LogP contribution is 2.66. The van der Waals surface area contributed by atoms with E-state index in [1.165, 1.54) is 16.8 Å². The standard InChI is InChI=1S/C10H18N3O12P3/c1-10(13-5-3-8(11)12-9(13)14)4-2-7(23-10)6-22-27(18,19)25-28(20,21)24-26(15,16)17/h3,5,7H,2,4,6H2,1H3,(H,18,19)(H,20,21)(H2,11,12,14)(H2,15,16,17). The molecule has 1 aliphatic heterocycles. The van der Waals surface area contributed by atoms with Gasteiger partial charge >= 0.3 is 29.2 Å². The maximum absolute atomic E-state index is 11.9. The Morgan fingerprint density at radius 2 is 1.93 bits per heavy atom. The Hall–Kier alpha value is -0.950. The topological polar surface area (TPSA) is 230 Å². The summed E-state index contributed by atoms with van der Waals surface area (Å²) in [4.78, 5) is 51.0. The van der Waals surface area contributed by atoms with Crippen LogP contribution >= 0.6 is 23.5 Å². The van der Waals surface area contributed by atoms with E-state index < -0.39 is 47.6 Å². The Labute approximate surface area is 157 Å². The van der Waals surface area contributed by atoms with Crippen LogP contribution in [0.15, 0.2) is 17.1 Å². The van der Waals surface area contributed by atoms with Crippen molar-refractivity contribution in [1.29, 1.82) is 0 Å². The van der Waals surface area contributed by atoms with Gasteiger partial charge in [0.05, 0.1) is 12.7 Å². The predicted octanol–water partition coefficient (Wildman–Crippen LogP) is 0.0205. The molecule has 0 saturated carbocycles. The smallest absolute Gasteiger partial charge is 0.383 e. The summed E-state index contributed by atoms with van der Waals surface area (Å²) in [5, 5.41) is 0. The molecular weight excluding hydrogens is 447 g/mol. The summed E-state index contributed by atoms with van der Waals surface area (Å²) < 4.78 is 52.1.